The predicted molar refractivity (Wildman–Crippen MR) is 96.1 cm³/mol. The number of piperidine rings is 1. The lowest BCUT2D eigenvalue weighted by Gasteiger charge is -2.52. The zero-order chi connectivity index (χ0) is 16.6. The molecule has 0 radical (unpaired) electrons. The monoisotopic (exact) mass is 341 g/mol. The van der Waals surface area contributed by atoms with Crippen LogP contribution in [0.3, 0.4) is 0 Å². The van der Waals surface area contributed by atoms with Crippen molar-refractivity contribution in [1.82, 2.24) is 4.90 Å². The summed E-state index contributed by atoms with van der Waals surface area (Å²) in [7, 11) is 0. The fraction of sp³-hybridized carbons (Fsp3) is 0.450. The predicted octanol–water partition coefficient (Wildman–Crippen LogP) is 4.04. The van der Waals surface area contributed by atoms with Crippen LogP contribution >= 0.6 is 11.3 Å². The van der Waals surface area contributed by atoms with Gasteiger partial charge in [0.1, 0.15) is 0 Å². The van der Waals surface area contributed by atoms with Crippen LogP contribution in [0.2, 0.25) is 0 Å². The van der Waals surface area contributed by atoms with Crippen molar-refractivity contribution < 1.29 is 9.90 Å². The van der Waals surface area contributed by atoms with Gasteiger partial charge in [-0.25, -0.2) is 0 Å². The molecule has 4 heteroatoms. The topological polar surface area (TPSA) is 40.5 Å². The van der Waals surface area contributed by atoms with Crippen molar-refractivity contribution in [2.24, 2.45) is 5.92 Å². The summed E-state index contributed by atoms with van der Waals surface area (Å²) in [4.78, 5) is 15.8. The zero-order valence-electron chi connectivity index (χ0n) is 13.7. The highest BCUT2D eigenvalue weighted by atomic mass is 32.1. The molecular weight excluding hydrogens is 318 g/mol. The van der Waals surface area contributed by atoms with Gasteiger partial charge in [0.05, 0.1) is 10.5 Å². The Labute approximate surface area is 146 Å². The molecule has 0 bridgehead atoms. The summed E-state index contributed by atoms with van der Waals surface area (Å²) in [5, 5.41) is 13.5. The Bertz CT molecular complexity index is 700. The van der Waals surface area contributed by atoms with Gasteiger partial charge in [-0.3, -0.25) is 4.79 Å². The van der Waals surface area contributed by atoms with E-state index in [1.165, 1.54) is 11.3 Å². The van der Waals surface area contributed by atoms with Crippen LogP contribution in [-0.2, 0) is 5.60 Å². The molecule has 1 saturated heterocycles. The maximum Gasteiger partial charge on any atom is 0.264 e. The number of amides is 1. The number of fused-ring (bicyclic) bond motifs is 1. The lowest BCUT2D eigenvalue weighted by Crippen LogP contribution is -2.58. The summed E-state index contributed by atoms with van der Waals surface area (Å²) < 4.78 is 0. The van der Waals surface area contributed by atoms with Crippen molar-refractivity contribution in [2.75, 3.05) is 6.54 Å². The summed E-state index contributed by atoms with van der Waals surface area (Å²) in [6, 6.07) is 14.0. The first-order valence-electron chi connectivity index (χ1n) is 8.82. The van der Waals surface area contributed by atoms with Crippen LogP contribution in [0, 0.1) is 5.92 Å². The first-order valence-corrected chi connectivity index (χ1v) is 9.70. The van der Waals surface area contributed by atoms with Gasteiger partial charge in [0, 0.05) is 18.5 Å². The van der Waals surface area contributed by atoms with Crippen molar-refractivity contribution in [3.63, 3.8) is 0 Å². The molecular formula is C20H23NO2S. The van der Waals surface area contributed by atoms with E-state index in [9.17, 15) is 9.90 Å². The van der Waals surface area contributed by atoms with Gasteiger partial charge in [-0.05, 0) is 36.3 Å². The molecule has 1 unspecified atom stereocenters. The van der Waals surface area contributed by atoms with Crippen molar-refractivity contribution >= 4 is 17.2 Å². The Morgan fingerprint density at radius 2 is 1.92 bits per heavy atom. The van der Waals surface area contributed by atoms with E-state index in [1.54, 1.807) is 0 Å². The fourth-order valence-corrected chi connectivity index (χ4v) is 5.24. The molecule has 3 atom stereocenters. The van der Waals surface area contributed by atoms with Crippen LogP contribution in [0.5, 0.6) is 0 Å². The van der Waals surface area contributed by atoms with Gasteiger partial charge in [-0.1, -0.05) is 49.2 Å². The van der Waals surface area contributed by atoms with Gasteiger partial charge < -0.3 is 10.0 Å². The lowest BCUT2D eigenvalue weighted by molar-refractivity contribution is -0.110. The quantitative estimate of drug-likeness (QED) is 0.895. The molecule has 1 saturated carbocycles. The van der Waals surface area contributed by atoms with E-state index < -0.39 is 5.60 Å². The van der Waals surface area contributed by atoms with Gasteiger partial charge in [0.15, 0.2) is 0 Å². The molecule has 2 heterocycles. The average Bonchev–Trinajstić information content (AvgIpc) is 3.17. The van der Waals surface area contributed by atoms with Crippen LogP contribution in [-0.4, -0.2) is 28.5 Å². The summed E-state index contributed by atoms with van der Waals surface area (Å²) in [5.74, 6) is 0.267. The van der Waals surface area contributed by atoms with E-state index in [1.807, 2.05) is 52.7 Å². The number of hydrogen-bond acceptors (Lipinski definition) is 3. The number of hydrogen-bond donors (Lipinski definition) is 1. The standard InChI is InChI=1S/C20H23NO2S/c22-19(18-11-6-14-24-18)21-13-12-20(23,15-7-2-1-3-8-15)16-9-4-5-10-17(16)21/h1-3,6-8,11,14,16-17,23H,4-5,9-10,12-13H2/t16-,17-,20?/m0/s1. The Hall–Kier alpha value is -1.65. The molecule has 1 N–H and O–H groups in total. The van der Waals surface area contributed by atoms with Crippen LogP contribution in [0.4, 0.5) is 0 Å². The summed E-state index contributed by atoms with van der Waals surface area (Å²) in [5.41, 5.74) is 0.198. The molecule has 2 aliphatic rings. The minimum absolute atomic E-state index is 0.131. The second kappa shape index (κ2) is 6.34. The summed E-state index contributed by atoms with van der Waals surface area (Å²) in [6.07, 6.45) is 4.88. The maximum atomic E-state index is 12.9. The zero-order valence-corrected chi connectivity index (χ0v) is 14.5. The smallest absolute Gasteiger partial charge is 0.264 e. The van der Waals surface area contributed by atoms with Gasteiger partial charge in [0.2, 0.25) is 0 Å². The normalized spacial score (nSPS) is 30.0. The molecule has 1 amide bonds. The SMILES string of the molecule is O=C(c1cccs1)N1CCC(O)(c2ccccc2)[C@H]2CCCC[C@@H]21. The Kier molecular flexibility index (Phi) is 4.19. The molecule has 3 nitrogen and oxygen atoms in total. The highest BCUT2D eigenvalue weighted by Crippen LogP contribution is 2.47. The lowest BCUT2D eigenvalue weighted by atomic mass is 9.66. The van der Waals surface area contributed by atoms with Crippen molar-refractivity contribution in [1.29, 1.82) is 0 Å². The van der Waals surface area contributed by atoms with Crippen LogP contribution in [0.1, 0.15) is 47.3 Å². The second-order valence-corrected chi connectivity index (χ2v) is 7.92. The fourth-order valence-electron chi connectivity index (χ4n) is 4.56. The van der Waals surface area contributed by atoms with E-state index in [0.717, 1.165) is 36.1 Å². The highest BCUT2D eigenvalue weighted by molar-refractivity contribution is 7.12. The van der Waals surface area contributed by atoms with Gasteiger partial charge in [-0.2, -0.15) is 0 Å². The number of rotatable bonds is 2. The highest BCUT2D eigenvalue weighted by Gasteiger charge is 2.50. The molecule has 1 aliphatic heterocycles. The number of aliphatic hydroxyl groups is 1. The number of nitrogens with zero attached hydrogens (tertiary/aromatic N) is 1. The van der Waals surface area contributed by atoms with E-state index in [2.05, 4.69) is 0 Å². The van der Waals surface area contributed by atoms with Crippen molar-refractivity contribution in [2.45, 2.75) is 43.7 Å². The molecule has 4 rings (SSSR count). The van der Waals surface area contributed by atoms with Gasteiger partial charge >= 0.3 is 0 Å². The van der Waals surface area contributed by atoms with Crippen molar-refractivity contribution in [3.05, 3.63) is 58.3 Å². The molecule has 1 aliphatic carbocycles. The molecule has 1 aromatic carbocycles. The number of carbonyl (C=O) groups is 1. The number of benzene rings is 1. The van der Waals surface area contributed by atoms with E-state index in [4.69, 9.17) is 0 Å². The first kappa shape index (κ1) is 15.9. The molecule has 126 valence electrons. The largest absolute Gasteiger partial charge is 0.385 e. The average molecular weight is 341 g/mol. The Balaban J connectivity index is 1.66. The number of thiophene rings is 1. The third-order valence-corrected chi connectivity index (χ3v) is 6.60. The van der Waals surface area contributed by atoms with E-state index in [-0.39, 0.29) is 17.9 Å². The van der Waals surface area contributed by atoms with E-state index >= 15 is 0 Å². The molecule has 1 aromatic heterocycles. The molecule has 2 aromatic rings. The minimum atomic E-state index is -0.807. The molecule has 24 heavy (non-hydrogen) atoms. The Morgan fingerprint density at radius 3 is 2.67 bits per heavy atom. The van der Waals surface area contributed by atoms with E-state index in [0.29, 0.717) is 13.0 Å². The van der Waals surface area contributed by atoms with Gasteiger partial charge in [-0.15, -0.1) is 11.3 Å². The van der Waals surface area contributed by atoms with Crippen LogP contribution in [0.25, 0.3) is 0 Å². The minimum Gasteiger partial charge on any atom is -0.385 e. The Morgan fingerprint density at radius 1 is 1.12 bits per heavy atom. The number of carbonyl (C=O) groups excluding carboxylic acids is 1. The molecule has 2 fully saturated rings. The third-order valence-electron chi connectivity index (χ3n) is 5.74. The summed E-state index contributed by atoms with van der Waals surface area (Å²) >= 11 is 1.51. The third kappa shape index (κ3) is 2.58. The maximum absolute atomic E-state index is 12.9. The number of likely N-dealkylation sites (tertiary alicyclic amines) is 1. The summed E-state index contributed by atoms with van der Waals surface area (Å²) in [6.45, 7) is 0.628. The van der Waals surface area contributed by atoms with Crippen LogP contribution in [0.15, 0.2) is 47.8 Å². The second-order valence-electron chi connectivity index (χ2n) is 6.97. The molecule has 0 spiro atoms. The first-order chi connectivity index (χ1) is 11.7. The van der Waals surface area contributed by atoms with Crippen LogP contribution < -0.4 is 0 Å². The van der Waals surface area contributed by atoms with Crippen molar-refractivity contribution in [3.8, 4) is 0 Å². The van der Waals surface area contributed by atoms with Gasteiger partial charge in [0.25, 0.3) is 5.91 Å².